The molecule has 1 rings (SSSR count). The molecule has 0 fully saturated rings. The van der Waals surface area contributed by atoms with Gasteiger partial charge in [0.2, 0.25) is 0 Å². The fraction of sp³-hybridized carbons (Fsp3) is 0.375. The van der Waals surface area contributed by atoms with Crippen LogP contribution in [0, 0.1) is 5.41 Å². The van der Waals surface area contributed by atoms with Crippen molar-refractivity contribution in [2.75, 3.05) is 13.6 Å². The lowest BCUT2D eigenvalue weighted by Crippen LogP contribution is -2.27. The van der Waals surface area contributed by atoms with Gasteiger partial charge in [-0.05, 0) is 26.3 Å². The van der Waals surface area contributed by atoms with E-state index in [2.05, 4.69) is 69.3 Å². The summed E-state index contributed by atoms with van der Waals surface area (Å²) in [5, 5.41) is 0. The molecule has 0 bridgehead atoms. The largest absolute Gasteiger partial charge is 0.378 e. The van der Waals surface area contributed by atoms with Crippen molar-refractivity contribution in [2.24, 2.45) is 5.41 Å². The van der Waals surface area contributed by atoms with Crippen LogP contribution in [-0.4, -0.2) is 18.5 Å². The van der Waals surface area contributed by atoms with E-state index in [1.54, 1.807) is 0 Å². The van der Waals surface area contributed by atoms with Crippen molar-refractivity contribution in [3.8, 4) is 0 Å². The van der Waals surface area contributed by atoms with Gasteiger partial charge >= 0.3 is 0 Å². The summed E-state index contributed by atoms with van der Waals surface area (Å²) in [6.45, 7) is 15.5. The Balaban J connectivity index is 3.00. The van der Waals surface area contributed by atoms with Crippen molar-refractivity contribution < 1.29 is 0 Å². The molecule has 1 unspecified atom stereocenters. The highest BCUT2D eigenvalue weighted by atomic mass is 15.1. The van der Waals surface area contributed by atoms with E-state index in [1.807, 2.05) is 6.92 Å². The molecule has 0 aromatic heterocycles. The molecular weight excluding hydrogens is 206 g/mol. The predicted octanol–water partition coefficient (Wildman–Crippen LogP) is 4.09. The Morgan fingerprint density at radius 2 is 2.00 bits per heavy atom. The number of rotatable bonds is 4. The molecule has 0 spiro atoms. The van der Waals surface area contributed by atoms with Crippen LogP contribution in [0.1, 0.15) is 20.8 Å². The Labute approximate surface area is 106 Å². The van der Waals surface area contributed by atoms with Gasteiger partial charge in [-0.15, -0.1) is 0 Å². The number of allylic oxidation sites excluding steroid dienone is 6. The zero-order valence-electron chi connectivity index (χ0n) is 11.5. The van der Waals surface area contributed by atoms with Gasteiger partial charge in [-0.1, -0.05) is 49.1 Å². The molecule has 0 radical (unpaired) electrons. The Kier molecular flexibility index (Phi) is 4.17. The molecule has 1 nitrogen and oxygen atoms in total. The van der Waals surface area contributed by atoms with Crippen LogP contribution in [0.25, 0.3) is 0 Å². The standard InChI is InChI=1S/C16H23N/c1-7-17(6)14(4)16(5)11-8-9-15(10-12-16)13(2)3/h8-12H,2,4,7H2,1,3,5-6H3. The average Bonchev–Trinajstić information content (AvgIpc) is 2.50. The molecule has 0 aliphatic heterocycles. The first-order valence-corrected chi connectivity index (χ1v) is 6.06. The van der Waals surface area contributed by atoms with Gasteiger partial charge in [0.05, 0.1) is 0 Å². The highest BCUT2D eigenvalue weighted by Gasteiger charge is 2.24. The lowest BCUT2D eigenvalue weighted by molar-refractivity contribution is 0.371. The molecule has 0 aromatic carbocycles. The fourth-order valence-electron chi connectivity index (χ4n) is 1.80. The molecule has 0 aromatic rings. The zero-order valence-corrected chi connectivity index (χ0v) is 11.5. The third-order valence-electron chi connectivity index (χ3n) is 3.38. The highest BCUT2D eigenvalue weighted by molar-refractivity contribution is 5.44. The van der Waals surface area contributed by atoms with E-state index in [-0.39, 0.29) is 5.41 Å². The van der Waals surface area contributed by atoms with Gasteiger partial charge < -0.3 is 4.90 Å². The van der Waals surface area contributed by atoms with Gasteiger partial charge in [0.25, 0.3) is 0 Å². The maximum atomic E-state index is 4.21. The molecule has 17 heavy (non-hydrogen) atoms. The number of hydrogen-bond donors (Lipinski definition) is 0. The lowest BCUT2D eigenvalue weighted by atomic mass is 9.85. The maximum absolute atomic E-state index is 4.21. The summed E-state index contributed by atoms with van der Waals surface area (Å²) >= 11 is 0. The summed E-state index contributed by atoms with van der Waals surface area (Å²) in [4.78, 5) is 2.18. The topological polar surface area (TPSA) is 3.24 Å². The number of hydrogen-bond acceptors (Lipinski definition) is 1. The summed E-state index contributed by atoms with van der Waals surface area (Å²) in [5.74, 6) is 0. The van der Waals surface area contributed by atoms with Crippen molar-refractivity contribution in [1.29, 1.82) is 0 Å². The zero-order chi connectivity index (χ0) is 13.1. The van der Waals surface area contributed by atoms with E-state index in [9.17, 15) is 0 Å². The Hall–Kier alpha value is -1.50. The first kappa shape index (κ1) is 13.6. The Morgan fingerprint density at radius 1 is 1.35 bits per heavy atom. The summed E-state index contributed by atoms with van der Waals surface area (Å²) < 4.78 is 0. The van der Waals surface area contributed by atoms with E-state index >= 15 is 0 Å². The monoisotopic (exact) mass is 229 g/mol. The van der Waals surface area contributed by atoms with Crippen LogP contribution in [0.2, 0.25) is 0 Å². The molecule has 1 atom stereocenters. The van der Waals surface area contributed by atoms with Gasteiger partial charge in [0.15, 0.2) is 0 Å². The highest BCUT2D eigenvalue weighted by Crippen LogP contribution is 2.33. The van der Waals surface area contributed by atoms with Crippen LogP contribution in [0.15, 0.2) is 60.4 Å². The molecule has 92 valence electrons. The minimum absolute atomic E-state index is 0.113. The van der Waals surface area contributed by atoms with Gasteiger partial charge in [-0.25, -0.2) is 0 Å². The molecule has 0 amide bonds. The molecular formula is C16H23N. The summed E-state index contributed by atoms with van der Waals surface area (Å²) in [5.41, 5.74) is 3.27. The maximum Gasteiger partial charge on any atom is 0.0433 e. The van der Waals surface area contributed by atoms with Crippen LogP contribution in [0.5, 0.6) is 0 Å². The minimum atomic E-state index is -0.113. The van der Waals surface area contributed by atoms with Gasteiger partial charge in [0, 0.05) is 24.7 Å². The number of nitrogens with zero attached hydrogens (tertiary/aromatic N) is 1. The SMILES string of the molecule is C=C(C)C1=CC=CC(C)(C(=C)N(C)CC)C=C1. The smallest absolute Gasteiger partial charge is 0.0433 e. The van der Waals surface area contributed by atoms with E-state index < -0.39 is 0 Å². The van der Waals surface area contributed by atoms with E-state index in [4.69, 9.17) is 0 Å². The minimum Gasteiger partial charge on any atom is -0.378 e. The van der Waals surface area contributed by atoms with Gasteiger partial charge in [-0.2, -0.15) is 0 Å². The second-order valence-electron chi connectivity index (χ2n) is 4.84. The molecule has 0 N–H and O–H groups in total. The normalized spacial score (nSPS) is 22.9. The third kappa shape index (κ3) is 3.00. The summed E-state index contributed by atoms with van der Waals surface area (Å²) in [7, 11) is 2.08. The van der Waals surface area contributed by atoms with E-state index in [0.29, 0.717) is 0 Å². The van der Waals surface area contributed by atoms with Crippen LogP contribution in [-0.2, 0) is 0 Å². The van der Waals surface area contributed by atoms with Gasteiger partial charge in [-0.3, -0.25) is 0 Å². The van der Waals surface area contributed by atoms with Crippen molar-refractivity contribution in [2.45, 2.75) is 20.8 Å². The fourth-order valence-corrected chi connectivity index (χ4v) is 1.80. The van der Waals surface area contributed by atoms with Crippen molar-refractivity contribution in [3.63, 3.8) is 0 Å². The first-order chi connectivity index (χ1) is 7.90. The van der Waals surface area contributed by atoms with Crippen LogP contribution >= 0.6 is 0 Å². The molecule has 0 heterocycles. The average molecular weight is 229 g/mol. The van der Waals surface area contributed by atoms with E-state index in [1.165, 1.54) is 5.57 Å². The lowest BCUT2D eigenvalue weighted by Gasteiger charge is -2.32. The Bertz CT molecular complexity index is 409. The second-order valence-corrected chi connectivity index (χ2v) is 4.84. The van der Waals surface area contributed by atoms with Crippen LogP contribution in [0.4, 0.5) is 0 Å². The van der Waals surface area contributed by atoms with Crippen molar-refractivity contribution in [1.82, 2.24) is 4.90 Å². The molecule has 0 saturated heterocycles. The van der Waals surface area contributed by atoms with Crippen LogP contribution in [0.3, 0.4) is 0 Å². The van der Waals surface area contributed by atoms with E-state index in [0.717, 1.165) is 17.8 Å². The van der Waals surface area contributed by atoms with Crippen LogP contribution < -0.4 is 0 Å². The second kappa shape index (κ2) is 5.22. The quantitative estimate of drug-likeness (QED) is 0.702. The van der Waals surface area contributed by atoms with Crippen molar-refractivity contribution >= 4 is 0 Å². The molecule has 1 aliphatic rings. The third-order valence-corrected chi connectivity index (χ3v) is 3.38. The predicted molar refractivity (Wildman–Crippen MR) is 76.7 cm³/mol. The molecule has 0 saturated carbocycles. The summed E-state index contributed by atoms with van der Waals surface area (Å²) in [6, 6.07) is 0. The summed E-state index contributed by atoms with van der Waals surface area (Å²) in [6.07, 6.45) is 10.7. The Morgan fingerprint density at radius 3 is 2.53 bits per heavy atom. The van der Waals surface area contributed by atoms with Crippen molar-refractivity contribution in [3.05, 3.63) is 60.4 Å². The first-order valence-electron chi connectivity index (χ1n) is 6.06. The van der Waals surface area contributed by atoms with Gasteiger partial charge in [0.1, 0.15) is 0 Å². The molecule has 1 aliphatic carbocycles. The molecule has 1 heteroatoms.